The molecule has 10 heteroatoms. The smallest absolute Gasteiger partial charge is 0.326 e. The summed E-state index contributed by atoms with van der Waals surface area (Å²) < 4.78 is 65.3. The molecule has 0 saturated heterocycles. The molecule has 158 valence electrons. The molecule has 0 aliphatic rings. The van der Waals surface area contributed by atoms with Crippen molar-refractivity contribution in [2.24, 2.45) is 0 Å². The molecule has 5 nitrogen and oxygen atoms in total. The van der Waals surface area contributed by atoms with Gasteiger partial charge in [-0.15, -0.1) is 0 Å². The van der Waals surface area contributed by atoms with Crippen molar-refractivity contribution in [2.45, 2.75) is 43.8 Å². The highest BCUT2D eigenvalue weighted by atomic mass is 35.5. The van der Waals surface area contributed by atoms with E-state index in [0.717, 1.165) is 17.7 Å². The van der Waals surface area contributed by atoms with E-state index < -0.39 is 32.7 Å². The summed E-state index contributed by atoms with van der Waals surface area (Å²) in [6.07, 6.45) is -4.31. The average molecular weight is 449 g/mol. The van der Waals surface area contributed by atoms with Crippen LogP contribution in [0.25, 0.3) is 0 Å². The first-order valence-corrected chi connectivity index (χ1v) is 10.5. The van der Waals surface area contributed by atoms with Crippen LogP contribution in [0.4, 0.5) is 18.9 Å². The normalized spacial score (nSPS) is 12.2. The van der Waals surface area contributed by atoms with Gasteiger partial charge in [-0.05, 0) is 56.2 Å². The molecular formula is C19H20ClF3N2O3S. The van der Waals surface area contributed by atoms with Crippen LogP contribution in [-0.4, -0.2) is 20.4 Å². The minimum Gasteiger partial charge on any atom is -0.326 e. The standard InChI is InChI=1S/C19H20ClF3N2O3S/c1-12(2)25-29(27,28)15-7-3-13(4-8-15)5-10-18(26)24-14-6-9-17(20)16(11-14)19(21,22)23/h3-4,6-9,11-12,25H,5,10H2,1-2H3,(H,24,26). The van der Waals surface area contributed by atoms with Crippen LogP contribution >= 0.6 is 11.6 Å². The van der Waals surface area contributed by atoms with E-state index >= 15 is 0 Å². The van der Waals surface area contributed by atoms with Gasteiger partial charge in [0.1, 0.15) is 0 Å². The zero-order chi connectivity index (χ0) is 21.8. The third-order valence-electron chi connectivity index (χ3n) is 3.82. The molecule has 0 atom stereocenters. The molecule has 2 aromatic carbocycles. The second-order valence-corrected chi connectivity index (χ2v) is 8.78. The molecule has 0 aliphatic heterocycles. The molecular weight excluding hydrogens is 429 g/mol. The number of aryl methyl sites for hydroxylation is 1. The minimum atomic E-state index is -4.62. The summed E-state index contributed by atoms with van der Waals surface area (Å²) in [6.45, 7) is 3.42. The highest BCUT2D eigenvalue weighted by Crippen LogP contribution is 2.36. The van der Waals surface area contributed by atoms with Crippen LogP contribution in [-0.2, 0) is 27.4 Å². The highest BCUT2D eigenvalue weighted by molar-refractivity contribution is 7.89. The van der Waals surface area contributed by atoms with Crippen LogP contribution in [0.1, 0.15) is 31.4 Å². The van der Waals surface area contributed by atoms with Crippen molar-refractivity contribution in [1.29, 1.82) is 0 Å². The molecule has 1 amide bonds. The van der Waals surface area contributed by atoms with Gasteiger partial charge in [-0.25, -0.2) is 13.1 Å². The van der Waals surface area contributed by atoms with Crippen molar-refractivity contribution < 1.29 is 26.4 Å². The maximum absolute atomic E-state index is 12.9. The maximum Gasteiger partial charge on any atom is 0.417 e. The molecule has 0 heterocycles. The number of sulfonamides is 1. The quantitative estimate of drug-likeness (QED) is 0.649. The molecule has 0 aromatic heterocycles. The Kier molecular flexibility index (Phi) is 7.31. The second kappa shape index (κ2) is 9.15. The second-order valence-electron chi connectivity index (χ2n) is 6.66. The van der Waals surface area contributed by atoms with Gasteiger partial charge in [-0.1, -0.05) is 23.7 Å². The van der Waals surface area contributed by atoms with Crippen LogP contribution in [0.15, 0.2) is 47.4 Å². The SMILES string of the molecule is CC(C)NS(=O)(=O)c1ccc(CCC(=O)Nc2ccc(Cl)c(C(F)(F)F)c2)cc1. The van der Waals surface area contributed by atoms with Crippen LogP contribution in [0, 0.1) is 0 Å². The van der Waals surface area contributed by atoms with Gasteiger partial charge in [0.15, 0.2) is 0 Å². The van der Waals surface area contributed by atoms with Gasteiger partial charge in [0, 0.05) is 18.2 Å². The van der Waals surface area contributed by atoms with Crippen LogP contribution in [0.5, 0.6) is 0 Å². The molecule has 2 aromatic rings. The first-order valence-electron chi connectivity index (χ1n) is 8.66. The zero-order valence-electron chi connectivity index (χ0n) is 15.7. The molecule has 2 rings (SSSR count). The van der Waals surface area contributed by atoms with Gasteiger partial charge >= 0.3 is 6.18 Å². The van der Waals surface area contributed by atoms with Gasteiger partial charge in [0.2, 0.25) is 15.9 Å². The largest absolute Gasteiger partial charge is 0.417 e. The van der Waals surface area contributed by atoms with E-state index in [1.165, 1.54) is 18.2 Å². The Bertz CT molecular complexity index is 975. The number of carbonyl (C=O) groups excluding carboxylic acids is 1. The molecule has 0 bridgehead atoms. The number of benzene rings is 2. The van der Waals surface area contributed by atoms with Crippen LogP contribution < -0.4 is 10.0 Å². The number of amides is 1. The Morgan fingerprint density at radius 2 is 1.72 bits per heavy atom. The maximum atomic E-state index is 12.9. The predicted octanol–water partition coefficient (Wildman–Crippen LogP) is 4.62. The van der Waals surface area contributed by atoms with Gasteiger partial charge in [-0.2, -0.15) is 13.2 Å². The monoisotopic (exact) mass is 448 g/mol. The third kappa shape index (κ3) is 6.73. The highest BCUT2D eigenvalue weighted by Gasteiger charge is 2.33. The Labute approximate surface area is 172 Å². The third-order valence-corrected chi connectivity index (χ3v) is 5.82. The van der Waals surface area contributed by atoms with Crippen molar-refractivity contribution in [3.63, 3.8) is 0 Å². The Morgan fingerprint density at radius 1 is 1.10 bits per heavy atom. The summed E-state index contributed by atoms with van der Waals surface area (Å²) in [5.74, 6) is -0.474. The van der Waals surface area contributed by atoms with Crippen molar-refractivity contribution in [2.75, 3.05) is 5.32 Å². The van der Waals surface area contributed by atoms with Gasteiger partial charge in [-0.3, -0.25) is 4.79 Å². The molecule has 0 spiro atoms. The van der Waals surface area contributed by atoms with Crippen LogP contribution in [0.2, 0.25) is 5.02 Å². The number of alkyl halides is 3. The lowest BCUT2D eigenvalue weighted by atomic mass is 10.1. The number of anilines is 1. The van der Waals surface area contributed by atoms with E-state index in [0.29, 0.717) is 6.42 Å². The Balaban J connectivity index is 1.98. The van der Waals surface area contributed by atoms with E-state index in [-0.39, 0.29) is 23.0 Å². The lowest BCUT2D eigenvalue weighted by Gasteiger charge is -2.12. The Morgan fingerprint density at radius 3 is 2.28 bits per heavy atom. The summed E-state index contributed by atoms with van der Waals surface area (Å²) in [6, 6.07) is 8.95. The van der Waals surface area contributed by atoms with E-state index in [2.05, 4.69) is 10.0 Å². The Hall–Kier alpha value is -2.10. The number of nitrogens with one attached hydrogen (secondary N) is 2. The first kappa shape index (κ1) is 23.2. The van der Waals surface area contributed by atoms with E-state index in [9.17, 15) is 26.4 Å². The molecule has 29 heavy (non-hydrogen) atoms. The summed E-state index contributed by atoms with van der Waals surface area (Å²) in [7, 11) is -3.60. The fourth-order valence-corrected chi connectivity index (χ4v) is 3.99. The lowest BCUT2D eigenvalue weighted by molar-refractivity contribution is -0.137. The summed E-state index contributed by atoms with van der Waals surface area (Å²) >= 11 is 5.55. The predicted molar refractivity (Wildman–Crippen MR) is 105 cm³/mol. The fourth-order valence-electron chi connectivity index (χ4n) is 2.52. The molecule has 2 N–H and O–H groups in total. The molecule has 0 fully saturated rings. The summed E-state index contributed by atoms with van der Waals surface area (Å²) in [5.41, 5.74) is -0.313. The van der Waals surface area contributed by atoms with Gasteiger partial charge in [0.25, 0.3) is 0 Å². The first-order chi connectivity index (χ1) is 13.4. The lowest BCUT2D eigenvalue weighted by Crippen LogP contribution is -2.30. The summed E-state index contributed by atoms with van der Waals surface area (Å²) in [4.78, 5) is 12.2. The fraction of sp³-hybridized carbons (Fsp3) is 0.316. The topological polar surface area (TPSA) is 75.3 Å². The number of halogens is 4. The van der Waals surface area contributed by atoms with E-state index in [4.69, 9.17) is 11.6 Å². The summed E-state index contributed by atoms with van der Waals surface area (Å²) in [5, 5.41) is 1.96. The van der Waals surface area contributed by atoms with Crippen molar-refractivity contribution in [3.05, 3.63) is 58.6 Å². The molecule has 0 saturated carbocycles. The number of hydrogen-bond acceptors (Lipinski definition) is 3. The van der Waals surface area contributed by atoms with Crippen molar-refractivity contribution in [1.82, 2.24) is 4.72 Å². The van der Waals surface area contributed by atoms with Gasteiger partial charge in [0.05, 0.1) is 15.5 Å². The van der Waals surface area contributed by atoms with Gasteiger partial charge < -0.3 is 5.32 Å². The zero-order valence-corrected chi connectivity index (χ0v) is 17.3. The number of hydrogen-bond donors (Lipinski definition) is 2. The number of carbonyl (C=O) groups is 1. The molecule has 0 radical (unpaired) electrons. The van der Waals surface area contributed by atoms with E-state index in [1.807, 2.05) is 0 Å². The van der Waals surface area contributed by atoms with Crippen molar-refractivity contribution >= 4 is 33.2 Å². The van der Waals surface area contributed by atoms with Crippen molar-refractivity contribution in [3.8, 4) is 0 Å². The van der Waals surface area contributed by atoms with Crippen LogP contribution in [0.3, 0.4) is 0 Å². The van der Waals surface area contributed by atoms with E-state index in [1.54, 1.807) is 26.0 Å². The molecule has 0 aliphatic carbocycles. The molecule has 0 unspecified atom stereocenters. The minimum absolute atomic E-state index is 0.00655. The number of rotatable bonds is 7. The average Bonchev–Trinajstić information content (AvgIpc) is 2.60.